The first kappa shape index (κ1) is 16.7. The Morgan fingerprint density at radius 1 is 1.04 bits per heavy atom. The fourth-order valence-corrected chi connectivity index (χ4v) is 2.47. The Bertz CT molecular complexity index is 608. The maximum Gasteiger partial charge on any atom is 0.254 e. The normalized spacial score (nSPS) is 14.0. The van der Waals surface area contributed by atoms with Gasteiger partial charge in [-0.3, -0.25) is 19.3 Å². The minimum Gasteiger partial charge on any atom is -0.331 e. The van der Waals surface area contributed by atoms with Crippen molar-refractivity contribution < 1.29 is 14.4 Å². The molecule has 0 aliphatic carbocycles. The van der Waals surface area contributed by atoms with Crippen molar-refractivity contribution in [2.24, 2.45) is 0 Å². The van der Waals surface area contributed by atoms with Gasteiger partial charge >= 0.3 is 0 Å². The lowest BCUT2D eigenvalue weighted by Crippen LogP contribution is -2.31. The molecule has 5 nitrogen and oxygen atoms in total. The van der Waals surface area contributed by atoms with Crippen LogP contribution >= 0.6 is 0 Å². The molecule has 1 aromatic carbocycles. The minimum absolute atomic E-state index is 0.107. The van der Waals surface area contributed by atoms with Gasteiger partial charge in [0.25, 0.3) is 5.91 Å². The summed E-state index contributed by atoms with van der Waals surface area (Å²) < 4.78 is 0. The van der Waals surface area contributed by atoms with Crippen molar-refractivity contribution in [3.63, 3.8) is 0 Å². The molecule has 0 saturated carbocycles. The molecule has 23 heavy (non-hydrogen) atoms. The van der Waals surface area contributed by atoms with E-state index in [9.17, 15) is 14.4 Å². The SMILES string of the molecule is C=CCN(CC=C)C(=O)c1ccc(CN2C(=O)CCC2=O)cc1. The van der Waals surface area contributed by atoms with E-state index < -0.39 is 0 Å². The second-order valence-corrected chi connectivity index (χ2v) is 5.36. The summed E-state index contributed by atoms with van der Waals surface area (Å²) in [5.74, 6) is -0.388. The lowest BCUT2D eigenvalue weighted by Gasteiger charge is -2.19. The number of carbonyl (C=O) groups is 3. The summed E-state index contributed by atoms with van der Waals surface area (Å²) in [5.41, 5.74) is 1.38. The van der Waals surface area contributed by atoms with Crippen molar-refractivity contribution in [2.45, 2.75) is 19.4 Å². The molecule has 5 heteroatoms. The lowest BCUT2D eigenvalue weighted by molar-refractivity contribution is -0.139. The highest BCUT2D eigenvalue weighted by Crippen LogP contribution is 2.16. The predicted molar refractivity (Wildman–Crippen MR) is 87.5 cm³/mol. The second-order valence-electron chi connectivity index (χ2n) is 5.36. The van der Waals surface area contributed by atoms with Crippen LogP contribution in [0.2, 0.25) is 0 Å². The van der Waals surface area contributed by atoms with E-state index in [4.69, 9.17) is 0 Å². The number of imide groups is 1. The van der Waals surface area contributed by atoms with E-state index in [0.29, 0.717) is 18.7 Å². The van der Waals surface area contributed by atoms with Crippen molar-refractivity contribution in [1.82, 2.24) is 9.80 Å². The number of nitrogens with zero attached hydrogens (tertiary/aromatic N) is 2. The fourth-order valence-electron chi connectivity index (χ4n) is 2.47. The van der Waals surface area contributed by atoms with Crippen LogP contribution in [0, 0.1) is 0 Å². The number of carbonyl (C=O) groups excluding carboxylic acids is 3. The molecule has 1 fully saturated rings. The van der Waals surface area contributed by atoms with Gasteiger partial charge in [-0.2, -0.15) is 0 Å². The topological polar surface area (TPSA) is 57.7 Å². The molecule has 2 rings (SSSR count). The van der Waals surface area contributed by atoms with Crippen molar-refractivity contribution in [3.8, 4) is 0 Å². The van der Waals surface area contributed by atoms with Crippen LogP contribution in [0.25, 0.3) is 0 Å². The highest BCUT2D eigenvalue weighted by Gasteiger charge is 2.28. The molecular formula is C18H20N2O3. The van der Waals surface area contributed by atoms with Gasteiger partial charge in [-0.1, -0.05) is 24.3 Å². The van der Waals surface area contributed by atoms with Crippen LogP contribution in [-0.2, 0) is 16.1 Å². The quantitative estimate of drug-likeness (QED) is 0.572. The summed E-state index contributed by atoms with van der Waals surface area (Å²) in [5, 5.41) is 0. The van der Waals surface area contributed by atoms with Gasteiger partial charge in [-0.05, 0) is 17.7 Å². The average molecular weight is 312 g/mol. The van der Waals surface area contributed by atoms with Gasteiger partial charge in [0.05, 0.1) is 6.54 Å². The summed E-state index contributed by atoms with van der Waals surface area (Å²) in [7, 11) is 0. The van der Waals surface area contributed by atoms with E-state index in [1.165, 1.54) is 4.90 Å². The Morgan fingerprint density at radius 3 is 2.04 bits per heavy atom. The van der Waals surface area contributed by atoms with Crippen molar-refractivity contribution in [3.05, 3.63) is 60.7 Å². The van der Waals surface area contributed by atoms with Crippen LogP contribution in [0.1, 0.15) is 28.8 Å². The van der Waals surface area contributed by atoms with Gasteiger partial charge in [-0.15, -0.1) is 13.2 Å². The fraction of sp³-hybridized carbons (Fsp3) is 0.278. The third-order valence-corrected chi connectivity index (χ3v) is 3.68. The standard InChI is InChI=1S/C18H20N2O3/c1-3-11-19(12-4-2)18(23)15-7-5-14(6-8-15)13-20-16(21)9-10-17(20)22/h3-8H,1-2,9-13H2. The van der Waals surface area contributed by atoms with E-state index >= 15 is 0 Å². The van der Waals surface area contributed by atoms with Crippen LogP contribution in [-0.4, -0.2) is 40.6 Å². The number of hydrogen-bond acceptors (Lipinski definition) is 3. The highest BCUT2D eigenvalue weighted by atomic mass is 16.2. The maximum absolute atomic E-state index is 12.4. The number of hydrogen-bond donors (Lipinski definition) is 0. The Kier molecular flexibility index (Phi) is 5.46. The monoisotopic (exact) mass is 312 g/mol. The zero-order valence-electron chi connectivity index (χ0n) is 13.0. The Hall–Kier alpha value is -2.69. The summed E-state index contributed by atoms with van der Waals surface area (Å²) in [6.07, 6.45) is 3.90. The first-order valence-corrected chi connectivity index (χ1v) is 7.50. The molecule has 0 atom stereocenters. The Balaban J connectivity index is 2.07. The molecule has 1 aromatic rings. The van der Waals surface area contributed by atoms with Crippen LogP contribution < -0.4 is 0 Å². The number of benzene rings is 1. The highest BCUT2D eigenvalue weighted by molar-refractivity contribution is 6.01. The van der Waals surface area contributed by atoms with E-state index in [1.807, 2.05) is 0 Å². The third kappa shape index (κ3) is 3.94. The second kappa shape index (κ2) is 7.54. The van der Waals surface area contributed by atoms with Crippen LogP contribution in [0.5, 0.6) is 0 Å². The van der Waals surface area contributed by atoms with Gasteiger partial charge in [0.1, 0.15) is 0 Å². The average Bonchev–Trinajstić information content (AvgIpc) is 2.87. The van der Waals surface area contributed by atoms with E-state index in [0.717, 1.165) is 5.56 Å². The number of amides is 3. The zero-order chi connectivity index (χ0) is 16.8. The third-order valence-electron chi connectivity index (χ3n) is 3.68. The maximum atomic E-state index is 12.4. The molecule has 1 saturated heterocycles. The van der Waals surface area contributed by atoms with E-state index in [2.05, 4.69) is 13.2 Å². The van der Waals surface area contributed by atoms with Crippen LogP contribution in [0.4, 0.5) is 0 Å². The first-order chi connectivity index (χ1) is 11.1. The van der Waals surface area contributed by atoms with Crippen LogP contribution in [0.15, 0.2) is 49.6 Å². The minimum atomic E-state index is -0.140. The summed E-state index contributed by atoms with van der Waals surface area (Å²) in [6, 6.07) is 6.96. The smallest absolute Gasteiger partial charge is 0.254 e. The van der Waals surface area contributed by atoms with Crippen molar-refractivity contribution in [1.29, 1.82) is 0 Å². The Labute approximate surface area is 135 Å². The molecule has 0 bridgehead atoms. The largest absolute Gasteiger partial charge is 0.331 e. The molecule has 3 amide bonds. The van der Waals surface area contributed by atoms with Crippen molar-refractivity contribution >= 4 is 17.7 Å². The van der Waals surface area contributed by atoms with Crippen LogP contribution in [0.3, 0.4) is 0 Å². The summed E-state index contributed by atoms with van der Waals surface area (Å²) in [6.45, 7) is 8.45. The summed E-state index contributed by atoms with van der Waals surface area (Å²) in [4.78, 5) is 38.5. The molecule has 0 spiro atoms. The molecule has 0 aromatic heterocycles. The molecular weight excluding hydrogens is 292 g/mol. The molecule has 0 radical (unpaired) electrons. The lowest BCUT2D eigenvalue weighted by atomic mass is 10.1. The van der Waals surface area contributed by atoms with E-state index in [1.54, 1.807) is 41.3 Å². The molecule has 0 N–H and O–H groups in total. The molecule has 120 valence electrons. The number of rotatable bonds is 7. The molecule has 1 heterocycles. The molecule has 0 unspecified atom stereocenters. The Morgan fingerprint density at radius 2 is 1.57 bits per heavy atom. The molecule has 1 aliphatic heterocycles. The van der Waals surface area contributed by atoms with E-state index in [-0.39, 0.29) is 37.1 Å². The summed E-state index contributed by atoms with van der Waals surface area (Å²) >= 11 is 0. The van der Waals surface area contributed by atoms with Gasteiger partial charge in [0.15, 0.2) is 0 Å². The van der Waals surface area contributed by atoms with Gasteiger partial charge < -0.3 is 4.90 Å². The zero-order valence-corrected chi connectivity index (χ0v) is 13.0. The van der Waals surface area contributed by atoms with Crippen molar-refractivity contribution in [2.75, 3.05) is 13.1 Å². The van der Waals surface area contributed by atoms with Gasteiger partial charge in [0.2, 0.25) is 11.8 Å². The first-order valence-electron chi connectivity index (χ1n) is 7.50. The molecule has 1 aliphatic rings. The number of likely N-dealkylation sites (tertiary alicyclic amines) is 1. The van der Waals surface area contributed by atoms with Gasteiger partial charge in [0, 0.05) is 31.5 Å². The van der Waals surface area contributed by atoms with Gasteiger partial charge in [-0.25, -0.2) is 0 Å². The predicted octanol–water partition coefficient (Wildman–Crippen LogP) is 2.15.